The van der Waals surface area contributed by atoms with E-state index in [4.69, 9.17) is 4.74 Å². The van der Waals surface area contributed by atoms with Gasteiger partial charge < -0.3 is 15.0 Å². The molecule has 0 radical (unpaired) electrons. The molecule has 5 nitrogen and oxygen atoms in total. The lowest BCUT2D eigenvalue weighted by Gasteiger charge is -2.12. The average Bonchev–Trinajstić information content (AvgIpc) is 2.76. The van der Waals surface area contributed by atoms with Crippen LogP contribution in [0.4, 0.5) is 5.82 Å². The van der Waals surface area contributed by atoms with Crippen LogP contribution in [0.5, 0.6) is 0 Å². The summed E-state index contributed by atoms with van der Waals surface area (Å²) in [7, 11) is 0. The van der Waals surface area contributed by atoms with E-state index in [-0.39, 0.29) is 17.8 Å². The number of hydrogen-bond donors (Lipinski definition) is 2. The Morgan fingerprint density at radius 3 is 2.65 bits per heavy atom. The standard InChI is InChI=1S/C15H22N2O3/c1-4-20-15(19)12-10-7-5-6-8-11(10)16-13(12)17-14(18)9(2)3/h9,16H,4-8H2,1-3H3,(H,17,18). The van der Waals surface area contributed by atoms with E-state index in [1.807, 2.05) is 13.8 Å². The van der Waals surface area contributed by atoms with Crippen LogP contribution >= 0.6 is 0 Å². The number of aryl methyl sites for hydroxylation is 1. The van der Waals surface area contributed by atoms with Gasteiger partial charge in [-0.05, 0) is 38.2 Å². The molecule has 2 N–H and O–H groups in total. The minimum atomic E-state index is -0.356. The van der Waals surface area contributed by atoms with Gasteiger partial charge >= 0.3 is 5.97 Å². The first-order valence-corrected chi connectivity index (χ1v) is 7.26. The highest BCUT2D eigenvalue weighted by molar-refractivity contribution is 6.02. The molecule has 1 aliphatic rings. The smallest absolute Gasteiger partial charge is 0.342 e. The highest BCUT2D eigenvalue weighted by Gasteiger charge is 2.27. The van der Waals surface area contributed by atoms with Crippen molar-refractivity contribution in [2.24, 2.45) is 5.92 Å². The Morgan fingerprint density at radius 1 is 1.30 bits per heavy atom. The first kappa shape index (κ1) is 14.6. The van der Waals surface area contributed by atoms with E-state index in [0.717, 1.165) is 36.9 Å². The normalized spacial score (nSPS) is 14.0. The van der Waals surface area contributed by atoms with Gasteiger partial charge in [0.05, 0.1) is 6.61 Å². The van der Waals surface area contributed by atoms with E-state index in [2.05, 4.69) is 10.3 Å². The number of ether oxygens (including phenoxy) is 1. The van der Waals surface area contributed by atoms with Gasteiger partial charge in [-0.3, -0.25) is 4.79 Å². The van der Waals surface area contributed by atoms with Crippen LogP contribution in [-0.4, -0.2) is 23.5 Å². The Kier molecular flexibility index (Phi) is 4.47. The summed E-state index contributed by atoms with van der Waals surface area (Å²) in [5, 5.41) is 2.81. The molecule has 0 atom stereocenters. The molecule has 0 saturated carbocycles. The van der Waals surface area contributed by atoms with Crippen molar-refractivity contribution in [3.8, 4) is 0 Å². The van der Waals surface area contributed by atoms with Gasteiger partial charge in [0.1, 0.15) is 11.4 Å². The third kappa shape index (κ3) is 2.86. The molecule has 1 heterocycles. The molecule has 1 aromatic rings. The zero-order chi connectivity index (χ0) is 14.7. The van der Waals surface area contributed by atoms with Gasteiger partial charge in [0.2, 0.25) is 5.91 Å². The summed E-state index contributed by atoms with van der Waals surface area (Å²) < 4.78 is 5.12. The molecular weight excluding hydrogens is 256 g/mol. The maximum Gasteiger partial charge on any atom is 0.342 e. The van der Waals surface area contributed by atoms with E-state index in [9.17, 15) is 9.59 Å². The largest absolute Gasteiger partial charge is 0.462 e. The van der Waals surface area contributed by atoms with Gasteiger partial charge in [-0.1, -0.05) is 13.8 Å². The van der Waals surface area contributed by atoms with Crippen molar-refractivity contribution in [3.05, 3.63) is 16.8 Å². The molecule has 0 unspecified atom stereocenters. The van der Waals surface area contributed by atoms with Crippen molar-refractivity contribution in [1.29, 1.82) is 0 Å². The fourth-order valence-corrected chi connectivity index (χ4v) is 2.47. The number of H-pyrrole nitrogens is 1. The topological polar surface area (TPSA) is 71.2 Å². The molecule has 1 aromatic heterocycles. The van der Waals surface area contributed by atoms with Crippen molar-refractivity contribution in [2.75, 3.05) is 11.9 Å². The number of carbonyl (C=O) groups is 2. The van der Waals surface area contributed by atoms with E-state index in [0.29, 0.717) is 18.0 Å². The third-order valence-corrected chi connectivity index (χ3v) is 3.55. The Bertz CT molecular complexity index is 517. The van der Waals surface area contributed by atoms with Crippen molar-refractivity contribution >= 4 is 17.7 Å². The second-order valence-corrected chi connectivity index (χ2v) is 5.40. The van der Waals surface area contributed by atoms with E-state index in [1.165, 1.54) is 0 Å². The summed E-state index contributed by atoms with van der Waals surface area (Å²) in [5.41, 5.74) is 2.57. The molecule has 1 aliphatic carbocycles. The Labute approximate surface area is 119 Å². The molecule has 0 fully saturated rings. The molecule has 1 amide bonds. The number of anilines is 1. The number of aromatic nitrogens is 1. The lowest BCUT2D eigenvalue weighted by atomic mass is 9.95. The number of nitrogens with one attached hydrogen (secondary N) is 2. The first-order valence-electron chi connectivity index (χ1n) is 7.26. The van der Waals surface area contributed by atoms with Crippen LogP contribution in [0.1, 0.15) is 55.2 Å². The summed E-state index contributed by atoms with van der Waals surface area (Å²) in [6.07, 6.45) is 3.94. The minimum Gasteiger partial charge on any atom is -0.462 e. The number of carbonyl (C=O) groups excluding carboxylic acids is 2. The highest BCUT2D eigenvalue weighted by Crippen LogP contribution is 2.30. The summed E-state index contributed by atoms with van der Waals surface area (Å²) in [6.45, 7) is 5.75. The van der Waals surface area contributed by atoms with E-state index < -0.39 is 0 Å². The van der Waals surface area contributed by atoms with Gasteiger partial charge in [-0.2, -0.15) is 0 Å². The molecule has 2 rings (SSSR count). The third-order valence-electron chi connectivity index (χ3n) is 3.55. The summed E-state index contributed by atoms with van der Waals surface area (Å²) in [5.74, 6) is -0.0977. The maximum absolute atomic E-state index is 12.2. The van der Waals surface area contributed by atoms with Gasteiger partial charge in [0.15, 0.2) is 0 Å². The van der Waals surface area contributed by atoms with Crippen molar-refractivity contribution in [1.82, 2.24) is 4.98 Å². The molecule has 0 aromatic carbocycles. The molecule has 20 heavy (non-hydrogen) atoms. The van der Waals surface area contributed by atoms with Crippen LogP contribution in [0.25, 0.3) is 0 Å². The molecule has 0 spiro atoms. The lowest BCUT2D eigenvalue weighted by molar-refractivity contribution is -0.118. The second kappa shape index (κ2) is 6.11. The average molecular weight is 278 g/mol. The monoisotopic (exact) mass is 278 g/mol. The maximum atomic E-state index is 12.2. The van der Waals surface area contributed by atoms with Crippen LogP contribution in [0.2, 0.25) is 0 Å². The number of hydrogen-bond acceptors (Lipinski definition) is 3. The SMILES string of the molecule is CCOC(=O)c1c(NC(=O)C(C)C)[nH]c2c1CCCC2. The van der Waals surface area contributed by atoms with Gasteiger partial charge in [-0.25, -0.2) is 4.79 Å². The van der Waals surface area contributed by atoms with Crippen molar-refractivity contribution < 1.29 is 14.3 Å². The number of rotatable bonds is 4. The molecule has 110 valence electrons. The minimum absolute atomic E-state index is 0.103. The van der Waals surface area contributed by atoms with Gasteiger partial charge in [0.25, 0.3) is 0 Å². The van der Waals surface area contributed by atoms with Crippen molar-refractivity contribution in [2.45, 2.75) is 46.5 Å². The van der Waals surface area contributed by atoms with Crippen LogP contribution in [-0.2, 0) is 22.4 Å². The number of fused-ring (bicyclic) bond motifs is 1. The van der Waals surface area contributed by atoms with E-state index in [1.54, 1.807) is 6.92 Å². The highest BCUT2D eigenvalue weighted by atomic mass is 16.5. The Balaban J connectivity index is 2.36. The summed E-state index contributed by atoms with van der Waals surface area (Å²) in [4.78, 5) is 27.2. The lowest BCUT2D eigenvalue weighted by Crippen LogP contribution is -2.20. The van der Waals surface area contributed by atoms with Gasteiger partial charge in [-0.15, -0.1) is 0 Å². The Morgan fingerprint density at radius 2 is 2.00 bits per heavy atom. The summed E-state index contributed by atoms with van der Waals surface area (Å²) in [6, 6.07) is 0. The molecule has 5 heteroatoms. The molecule has 0 saturated heterocycles. The van der Waals surface area contributed by atoms with Crippen LogP contribution in [0.15, 0.2) is 0 Å². The van der Waals surface area contributed by atoms with Gasteiger partial charge in [0, 0.05) is 11.6 Å². The number of amides is 1. The quantitative estimate of drug-likeness (QED) is 0.832. The molecule has 0 aliphatic heterocycles. The van der Waals surface area contributed by atoms with Crippen LogP contribution < -0.4 is 5.32 Å². The first-order chi connectivity index (χ1) is 9.54. The number of aromatic amines is 1. The zero-order valence-electron chi connectivity index (χ0n) is 12.3. The van der Waals surface area contributed by atoms with E-state index >= 15 is 0 Å². The zero-order valence-corrected chi connectivity index (χ0v) is 12.3. The predicted molar refractivity (Wildman–Crippen MR) is 76.9 cm³/mol. The van der Waals surface area contributed by atoms with Crippen LogP contribution in [0.3, 0.4) is 0 Å². The second-order valence-electron chi connectivity index (χ2n) is 5.40. The van der Waals surface area contributed by atoms with Crippen molar-refractivity contribution in [3.63, 3.8) is 0 Å². The molecule has 0 bridgehead atoms. The van der Waals surface area contributed by atoms with Crippen LogP contribution in [0, 0.1) is 5.92 Å². The molecular formula is C15H22N2O3. The summed E-state index contributed by atoms with van der Waals surface area (Å²) >= 11 is 0. The fraction of sp³-hybridized carbons (Fsp3) is 0.600. The predicted octanol–water partition coefficient (Wildman–Crippen LogP) is 2.66. The fourth-order valence-electron chi connectivity index (χ4n) is 2.47. The number of esters is 1. The Hall–Kier alpha value is -1.78.